The number of rotatable bonds is 58. The van der Waals surface area contributed by atoms with Crippen molar-refractivity contribution in [1.82, 2.24) is 5.32 Å². The van der Waals surface area contributed by atoms with Crippen LogP contribution in [0.4, 0.5) is 0 Å². The van der Waals surface area contributed by atoms with E-state index in [9.17, 15) is 19.0 Å². The van der Waals surface area contributed by atoms with Gasteiger partial charge in [-0.2, -0.15) is 0 Å². The van der Waals surface area contributed by atoms with Gasteiger partial charge in [-0.05, 0) is 102 Å². The number of unbranched alkanes of at least 4 members (excludes halogenated alkanes) is 29. The van der Waals surface area contributed by atoms with E-state index in [2.05, 4.69) is 111 Å². The van der Waals surface area contributed by atoms with E-state index in [1.807, 2.05) is 33.3 Å². The first kappa shape index (κ1) is 75.9. The second kappa shape index (κ2) is 58.1. The van der Waals surface area contributed by atoms with Gasteiger partial charge in [-0.15, -0.1) is 0 Å². The number of esters is 1. The van der Waals surface area contributed by atoms with Gasteiger partial charge in [-0.3, -0.25) is 18.6 Å². The van der Waals surface area contributed by atoms with E-state index < -0.39 is 20.0 Å². The van der Waals surface area contributed by atoms with Crippen LogP contribution in [0, 0.1) is 0 Å². The SMILES string of the molecule is CC/C=C\C/C=C\C/C=C\C/C=C\C/C=C\CCCCCCCCCCCC(=O)OC(/C=C\CCCCCCCCCCCCC)C(COP(=O)(O)OCC[N+](C)(C)C)NC(=O)CCCCCCCC/C=C/C=C/CCCCC. The number of phosphoric ester groups is 1. The molecule has 79 heavy (non-hydrogen) atoms. The number of hydrogen-bond acceptors (Lipinski definition) is 6. The van der Waals surface area contributed by atoms with Gasteiger partial charge in [-0.25, -0.2) is 4.57 Å². The summed E-state index contributed by atoms with van der Waals surface area (Å²) < 4.78 is 30.7. The molecule has 0 bridgehead atoms. The minimum Gasteiger partial charge on any atom is -0.456 e. The van der Waals surface area contributed by atoms with Crippen LogP contribution in [0.2, 0.25) is 0 Å². The molecule has 0 spiro atoms. The fraction of sp³-hybridized carbons (Fsp3) is 0.739. The van der Waals surface area contributed by atoms with E-state index in [4.69, 9.17) is 13.8 Å². The van der Waals surface area contributed by atoms with Gasteiger partial charge in [0.25, 0.3) is 0 Å². The van der Waals surface area contributed by atoms with Crippen molar-refractivity contribution < 1.29 is 37.3 Å². The van der Waals surface area contributed by atoms with E-state index in [-0.39, 0.29) is 31.5 Å². The highest BCUT2D eigenvalue weighted by Crippen LogP contribution is 2.43. The van der Waals surface area contributed by atoms with Crippen LogP contribution in [0.5, 0.6) is 0 Å². The molecule has 10 heteroatoms. The van der Waals surface area contributed by atoms with E-state index in [1.165, 1.54) is 116 Å². The lowest BCUT2D eigenvalue weighted by Crippen LogP contribution is -2.47. The highest BCUT2D eigenvalue weighted by atomic mass is 31.2. The molecule has 0 aromatic rings. The van der Waals surface area contributed by atoms with Crippen molar-refractivity contribution in [3.63, 3.8) is 0 Å². The predicted octanol–water partition coefficient (Wildman–Crippen LogP) is 20.3. The first-order valence-electron chi connectivity index (χ1n) is 32.6. The molecule has 1 amide bonds. The first-order valence-corrected chi connectivity index (χ1v) is 34.1. The number of ether oxygens (including phenoxy) is 1. The minimum absolute atomic E-state index is 0.0330. The summed E-state index contributed by atoms with van der Waals surface area (Å²) in [7, 11) is 1.48. The molecule has 0 aliphatic carbocycles. The molecule has 3 atom stereocenters. The summed E-state index contributed by atoms with van der Waals surface area (Å²) >= 11 is 0. The Kier molecular flexibility index (Phi) is 55.9. The minimum atomic E-state index is -4.46. The van der Waals surface area contributed by atoms with Gasteiger partial charge in [0, 0.05) is 12.8 Å². The normalized spacial score (nSPS) is 14.3. The van der Waals surface area contributed by atoms with Gasteiger partial charge >= 0.3 is 13.8 Å². The van der Waals surface area contributed by atoms with Crippen LogP contribution in [0.15, 0.2) is 97.2 Å². The molecule has 0 aromatic carbocycles. The highest BCUT2D eigenvalue weighted by Gasteiger charge is 2.30. The average molecular weight is 1120 g/mol. The number of hydrogen-bond donors (Lipinski definition) is 2. The van der Waals surface area contributed by atoms with Crippen molar-refractivity contribution in [3.05, 3.63) is 97.2 Å². The van der Waals surface area contributed by atoms with Crippen molar-refractivity contribution in [1.29, 1.82) is 0 Å². The summed E-state index contributed by atoms with van der Waals surface area (Å²) in [6.45, 7) is 6.86. The fourth-order valence-electron chi connectivity index (χ4n) is 9.02. The van der Waals surface area contributed by atoms with Gasteiger partial charge in [0.1, 0.15) is 19.3 Å². The molecule has 0 radical (unpaired) electrons. The van der Waals surface area contributed by atoms with Crippen LogP contribution < -0.4 is 5.32 Å². The van der Waals surface area contributed by atoms with E-state index in [0.29, 0.717) is 17.4 Å². The van der Waals surface area contributed by atoms with E-state index in [1.54, 1.807) is 0 Å². The van der Waals surface area contributed by atoms with Crippen molar-refractivity contribution in [2.75, 3.05) is 40.9 Å². The van der Waals surface area contributed by atoms with E-state index in [0.717, 1.165) is 128 Å². The Labute approximate surface area is 488 Å². The van der Waals surface area contributed by atoms with Crippen molar-refractivity contribution in [3.8, 4) is 0 Å². The van der Waals surface area contributed by atoms with Gasteiger partial charge < -0.3 is 19.4 Å². The zero-order chi connectivity index (χ0) is 57.9. The number of nitrogens with one attached hydrogen (secondary N) is 1. The number of nitrogens with zero attached hydrogens (tertiary/aromatic N) is 1. The number of likely N-dealkylation sites (N-methyl/N-ethyl adjacent to an activating group) is 1. The lowest BCUT2D eigenvalue weighted by atomic mass is 10.0. The third-order valence-corrected chi connectivity index (χ3v) is 15.0. The average Bonchev–Trinajstić information content (AvgIpc) is 3.41. The monoisotopic (exact) mass is 1120 g/mol. The number of phosphoric acid groups is 1. The molecule has 9 nitrogen and oxygen atoms in total. The molecule has 0 aromatic heterocycles. The third-order valence-electron chi connectivity index (χ3n) is 14.0. The molecule has 0 heterocycles. The number of carbonyl (C=O) groups excluding carboxylic acids is 2. The Morgan fingerprint density at radius 3 is 1.32 bits per heavy atom. The quantitative estimate of drug-likeness (QED) is 0.0156. The summed E-state index contributed by atoms with van der Waals surface area (Å²) in [4.78, 5) is 37.8. The standard InChI is InChI=1S/C69H123N2O7P/c1-7-10-13-16-19-22-25-28-30-31-32-33-34-35-36-37-38-39-41-44-47-50-53-56-59-62-69(73)78-67(60-57-54-51-48-45-42-27-24-21-18-15-12-9-3)66(65-77-79(74,75)76-64-63-71(4,5)6)70-68(72)61-58-55-52-49-46-43-40-29-26-23-20-17-14-11-8-2/h10,13,19-20,22-23,26,28-30,32-33,35-36,57,60,66-67H,7-9,11-12,14-18,21,24-25,27,31,34,37-56,58-59,61-65H2,1-6H3,(H-,70,72,74,75)/p+1/b13-10-,22-19-,23-20+,29-26+,30-28-,33-32-,36-35-,60-57-. The summed E-state index contributed by atoms with van der Waals surface area (Å²) in [6, 6.07) is -0.862. The molecule has 0 aliphatic rings. The molecular formula is C69H124N2O7P+. The molecule has 456 valence electrons. The maximum absolute atomic E-state index is 13.6. The first-order chi connectivity index (χ1) is 38.4. The summed E-state index contributed by atoms with van der Waals surface area (Å²) in [5.74, 6) is -0.526. The van der Waals surface area contributed by atoms with Crippen LogP contribution in [-0.4, -0.2) is 74.3 Å². The third kappa shape index (κ3) is 59.4. The van der Waals surface area contributed by atoms with Crippen LogP contribution in [0.1, 0.15) is 278 Å². The van der Waals surface area contributed by atoms with Crippen molar-refractivity contribution >= 4 is 19.7 Å². The number of amides is 1. The summed E-state index contributed by atoms with van der Waals surface area (Å²) in [6.07, 6.45) is 78.3. The molecular weight excluding hydrogens is 1000 g/mol. The van der Waals surface area contributed by atoms with Gasteiger partial charge in [-0.1, -0.05) is 260 Å². The molecule has 2 N–H and O–H groups in total. The predicted molar refractivity (Wildman–Crippen MR) is 341 cm³/mol. The molecule has 3 unspecified atom stereocenters. The van der Waals surface area contributed by atoms with Crippen molar-refractivity contribution in [2.45, 2.75) is 290 Å². The highest BCUT2D eigenvalue weighted by molar-refractivity contribution is 7.47. The van der Waals surface area contributed by atoms with Crippen LogP contribution in [-0.2, 0) is 27.9 Å². The number of carbonyl (C=O) groups is 2. The topological polar surface area (TPSA) is 111 Å². The van der Waals surface area contributed by atoms with Gasteiger partial charge in [0.05, 0.1) is 33.8 Å². The summed E-state index contributed by atoms with van der Waals surface area (Å²) in [5.41, 5.74) is 0. The van der Waals surface area contributed by atoms with Crippen LogP contribution >= 0.6 is 7.82 Å². The molecule has 0 aliphatic heterocycles. The molecule has 0 rings (SSSR count). The Bertz CT molecular complexity index is 1670. The lowest BCUT2D eigenvalue weighted by Gasteiger charge is -2.27. The Morgan fingerprint density at radius 1 is 0.468 bits per heavy atom. The van der Waals surface area contributed by atoms with Gasteiger partial charge in [0.2, 0.25) is 5.91 Å². The lowest BCUT2D eigenvalue weighted by molar-refractivity contribution is -0.870. The van der Waals surface area contributed by atoms with Crippen LogP contribution in [0.25, 0.3) is 0 Å². The van der Waals surface area contributed by atoms with E-state index >= 15 is 0 Å². The second-order valence-electron chi connectivity index (χ2n) is 22.9. The maximum atomic E-state index is 13.6. The molecule has 0 fully saturated rings. The van der Waals surface area contributed by atoms with Gasteiger partial charge in [0.15, 0.2) is 0 Å². The van der Waals surface area contributed by atoms with Crippen molar-refractivity contribution in [2.24, 2.45) is 0 Å². The largest absolute Gasteiger partial charge is 0.472 e. The van der Waals surface area contributed by atoms with Crippen LogP contribution in [0.3, 0.4) is 0 Å². The molecule has 0 saturated heterocycles. The maximum Gasteiger partial charge on any atom is 0.472 e. The fourth-order valence-corrected chi connectivity index (χ4v) is 9.75. The Hall–Kier alpha value is -3.07. The Balaban J connectivity index is 5.20. The molecule has 0 saturated carbocycles. The zero-order valence-electron chi connectivity index (χ0n) is 52.1. The second-order valence-corrected chi connectivity index (χ2v) is 24.4. The number of allylic oxidation sites excluding steroid dienone is 15. The Morgan fingerprint density at radius 2 is 0.848 bits per heavy atom. The zero-order valence-corrected chi connectivity index (χ0v) is 53.0. The summed E-state index contributed by atoms with van der Waals surface area (Å²) in [5, 5.41) is 3.05. The number of quaternary nitrogens is 1. The smallest absolute Gasteiger partial charge is 0.456 e.